The minimum absolute atomic E-state index is 0.0112. The molecule has 0 saturated heterocycles. The highest BCUT2D eigenvalue weighted by atomic mass is 79.9. The molecule has 0 radical (unpaired) electrons. The van der Waals surface area contributed by atoms with Crippen molar-refractivity contribution in [2.45, 2.75) is 13.0 Å². The summed E-state index contributed by atoms with van der Waals surface area (Å²) in [6.45, 7) is 4.64. The maximum absolute atomic E-state index is 6.08. The van der Waals surface area contributed by atoms with Gasteiger partial charge in [-0.25, -0.2) is 0 Å². The highest BCUT2D eigenvalue weighted by Crippen LogP contribution is 2.26. The van der Waals surface area contributed by atoms with Gasteiger partial charge in [-0.2, -0.15) is 0 Å². The Bertz CT molecular complexity index is 498. The van der Waals surface area contributed by atoms with Gasteiger partial charge in [0.25, 0.3) is 0 Å². The minimum atomic E-state index is -0.0112. The molecule has 0 fully saturated rings. The van der Waals surface area contributed by atoms with Crippen LogP contribution in [0.3, 0.4) is 0 Å². The number of likely N-dealkylation sites (N-methyl/N-ethyl adjacent to an activating group) is 1. The Morgan fingerprint density at radius 1 is 1.00 bits per heavy atom. The third-order valence-electron chi connectivity index (χ3n) is 3.09. The van der Waals surface area contributed by atoms with Gasteiger partial charge >= 0.3 is 0 Å². The average Bonchev–Trinajstić information content (AvgIpc) is 2.50. The second-order valence-corrected chi connectivity index (χ2v) is 5.48. The first-order valence-corrected chi connectivity index (χ1v) is 7.73. The number of nitrogens with one attached hydrogen (secondary N) is 1. The molecule has 0 amide bonds. The lowest BCUT2D eigenvalue weighted by Crippen LogP contribution is -2.20. The van der Waals surface area contributed by atoms with E-state index >= 15 is 0 Å². The first-order chi connectivity index (χ1) is 9.81. The van der Waals surface area contributed by atoms with Crippen LogP contribution in [0.15, 0.2) is 59.1 Å². The van der Waals surface area contributed by atoms with Gasteiger partial charge in [-0.1, -0.05) is 65.3 Å². The van der Waals surface area contributed by atoms with Crippen LogP contribution in [-0.4, -0.2) is 19.7 Å². The molecule has 1 N–H and O–H groups in total. The lowest BCUT2D eigenvalue weighted by molar-refractivity contribution is 0.0824. The van der Waals surface area contributed by atoms with E-state index in [0.717, 1.165) is 17.6 Å². The fourth-order valence-electron chi connectivity index (χ4n) is 2.08. The van der Waals surface area contributed by atoms with Crippen molar-refractivity contribution in [1.82, 2.24) is 5.32 Å². The Balaban J connectivity index is 2.13. The third kappa shape index (κ3) is 4.44. The third-order valence-corrected chi connectivity index (χ3v) is 3.62. The molecule has 0 saturated carbocycles. The molecule has 2 rings (SSSR count). The summed E-state index contributed by atoms with van der Waals surface area (Å²) in [5.74, 6) is 0. The second-order valence-electron chi connectivity index (χ2n) is 4.57. The normalized spacial score (nSPS) is 12.3. The van der Waals surface area contributed by atoms with Gasteiger partial charge < -0.3 is 10.1 Å². The highest BCUT2D eigenvalue weighted by Gasteiger charge is 2.14. The molecule has 3 heteroatoms. The molecule has 0 aliphatic carbocycles. The molecule has 20 heavy (non-hydrogen) atoms. The smallest absolute Gasteiger partial charge is 0.108 e. The lowest BCUT2D eigenvalue weighted by Gasteiger charge is -2.19. The van der Waals surface area contributed by atoms with E-state index in [1.807, 2.05) is 6.07 Å². The number of hydrogen-bond donors (Lipinski definition) is 1. The quantitative estimate of drug-likeness (QED) is 0.768. The van der Waals surface area contributed by atoms with Crippen LogP contribution in [0.25, 0.3) is 0 Å². The minimum Gasteiger partial charge on any atom is -0.367 e. The van der Waals surface area contributed by atoms with E-state index in [4.69, 9.17) is 4.74 Å². The fraction of sp³-hybridized carbons (Fsp3) is 0.294. The summed E-state index contributed by atoms with van der Waals surface area (Å²) in [5.41, 5.74) is 2.36. The second kappa shape index (κ2) is 8.20. The van der Waals surface area contributed by atoms with Gasteiger partial charge in [0.05, 0.1) is 6.61 Å². The summed E-state index contributed by atoms with van der Waals surface area (Å²) in [6.07, 6.45) is -0.0112. The van der Waals surface area contributed by atoms with Gasteiger partial charge in [0.1, 0.15) is 6.10 Å². The molecule has 0 bridgehead atoms. The van der Waals surface area contributed by atoms with Crippen LogP contribution >= 0.6 is 15.9 Å². The molecule has 106 valence electrons. The first kappa shape index (κ1) is 15.2. The molecule has 0 spiro atoms. The van der Waals surface area contributed by atoms with Crippen molar-refractivity contribution in [1.29, 1.82) is 0 Å². The van der Waals surface area contributed by atoms with Crippen LogP contribution in [0, 0.1) is 0 Å². The molecular formula is C17H20BrNO. The van der Waals surface area contributed by atoms with E-state index in [1.165, 1.54) is 11.1 Å². The van der Waals surface area contributed by atoms with Crippen molar-refractivity contribution in [2.24, 2.45) is 0 Å². The molecule has 2 nitrogen and oxygen atoms in total. The van der Waals surface area contributed by atoms with Crippen LogP contribution < -0.4 is 5.32 Å². The summed E-state index contributed by atoms with van der Waals surface area (Å²) < 4.78 is 7.16. The zero-order valence-electron chi connectivity index (χ0n) is 11.7. The van der Waals surface area contributed by atoms with Gasteiger partial charge in [-0.05, 0) is 29.8 Å². The highest BCUT2D eigenvalue weighted by molar-refractivity contribution is 9.10. The predicted molar refractivity (Wildman–Crippen MR) is 86.9 cm³/mol. The van der Waals surface area contributed by atoms with Crippen molar-refractivity contribution in [3.63, 3.8) is 0 Å². The molecular weight excluding hydrogens is 314 g/mol. The lowest BCUT2D eigenvalue weighted by atomic mass is 10.0. The Labute approximate surface area is 129 Å². The van der Waals surface area contributed by atoms with Crippen molar-refractivity contribution in [3.8, 4) is 0 Å². The summed E-state index contributed by atoms with van der Waals surface area (Å²) in [4.78, 5) is 0. The molecule has 0 aliphatic rings. The van der Waals surface area contributed by atoms with Gasteiger partial charge in [-0.15, -0.1) is 0 Å². The molecule has 2 aromatic rings. The standard InChI is InChI=1S/C17H20BrNO/c1-2-19-12-13-20-17(14-6-4-3-5-7-14)15-8-10-16(18)11-9-15/h3-11,17,19H,2,12-13H2,1H3/t17-/m1/s1. The Hall–Kier alpha value is -1.16. The number of benzene rings is 2. The molecule has 0 aliphatic heterocycles. The van der Waals surface area contributed by atoms with Gasteiger partial charge in [0.2, 0.25) is 0 Å². The summed E-state index contributed by atoms with van der Waals surface area (Å²) in [6, 6.07) is 18.7. The van der Waals surface area contributed by atoms with E-state index in [9.17, 15) is 0 Å². The number of ether oxygens (including phenoxy) is 1. The fourth-order valence-corrected chi connectivity index (χ4v) is 2.34. The van der Waals surface area contributed by atoms with Gasteiger partial charge in [0.15, 0.2) is 0 Å². The zero-order valence-corrected chi connectivity index (χ0v) is 13.3. The summed E-state index contributed by atoms with van der Waals surface area (Å²) in [7, 11) is 0. The summed E-state index contributed by atoms with van der Waals surface area (Å²) >= 11 is 3.47. The van der Waals surface area contributed by atoms with Gasteiger partial charge in [-0.3, -0.25) is 0 Å². The van der Waals surface area contributed by atoms with E-state index in [-0.39, 0.29) is 6.10 Å². The van der Waals surface area contributed by atoms with Crippen LogP contribution in [0.1, 0.15) is 24.2 Å². The molecule has 0 heterocycles. The molecule has 2 aromatic carbocycles. The number of rotatable bonds is 7. The van der Waals surface area contributed by atoms with Crippen LogP contribution in [0.2, 0.25) is 0 Å². The average molecular weight is 334 g/mol. The molecule has 1 atom stereocenters. The summed E-state index contributed by atoms with van der Waals surface area (Å²) in [5, 5.41) is 3.28. The van der Waals surface area contributed by atoms with Crippen LogP contribution in [0.4, 0.5) is 0 Å². The van der Waals surface area contributed by atoms with Crippen molar-refractivity contribution in [2.75, 3.05) is 19.7 Å². The van der Waals surface area contributed by atoms with Crippen molar-refractivity contribution >= 4 is 15.9 Å². The van der Waals surface area contributed by atoms with Crippen LogP contribution in [0.5, 0.6) is 0 Å². The Morgan fingerprint density at radius 2 is 1.65 bits per heavy atom. The maximum Gasteiger partial charge on any atom is 0.108 e. The van der Waals surface area contributed by atoms with E-state index < -0.39 is 0 Å². The van der Waals surface area contributed by atoms with Crippen molar-refractivity contribution in [3.05, 3.63) is 70.2 Å². The van der Waals surface area contributed by atoms with Crippen LogP contribution in [-0.2, 0) is 4.74 Å². The maximum atomic E-state index is 6.08. The zero-order chi connectivity index (χ0) is 14.2. The van der Waals surface area contributed by atoms with Crippen molar-refractivity contribution < 1.29 is 4.74 Å². The number of halogens is 1. The van der Waals surface area contributed by atoms with E-state index in [0.29, 0.717) is 6.61 Å². The first-order valence-electron chi connectivity index (χ1n) is 6.94. The predicted octanol–water partition coefficient (Wildman–Crippen LogP) is 4.16. The van der Waals surface area contributed by atoms with Gasteiger partial charge in [0, 0.05) is 11.0 Å². The van der Waals surface area contributed by atoms with E-state index in [2.05, 4.69) is 76.7 Å². The van der Waals surface area contributed by atoms with E-state index in [1.54, 1.807) is 0 Å². The largest absolute Gasteiger partial charge is 0.367 e. The Kier molecular flexibility index (Phi) is 6.25. The number of hydrogen-bond acceptors (Lipinski definition) is 2. The molecule has 0 aromatic heterocycles. The topological polar surface area (TPSA) is 21.3 Å². The Morgan fingerprint density at radius 3 is 2.30 bits per heavy atom. The molecule has 0 unspecified atom stereocenters. The monoisotopic (exact) mass is 333 g/mol. The SMILES string of the molecule is CCNCCO[C@H](c1ccccc1)c1ccc(Br)cc1.